The maximum atomic E-state index is 12.2. The topological polar surface area (TPSA) is 64.4 Å². The Labute approximate surface area is 177 Å². The molecule has 1 amide bonds. The van der Waals surface area contributed by atoms with Crippen molar-refractivity contribution in [2.45, 2.75) is 6.92 Å². The first kappa shape index (κ1) is 19.3. The van der Waals surface area contributed by atoms with E-state index in [0.29, 0.717) is 44.0 Å². The molecule has 146 valence electrons. The second-order valence-corrected chi connectivity index (χ2v) is 7.33. The van der Waals surface area contributed by atoms with Gasteiger partial charge in [-0.3, -0.25) is 4.79 Å². The van der Waals surface area contributed by atoms with Gasteiger partial charge in [0.05, 0.1) is 5.02 Å². The van der Waals surface area contributed by atoms with Gasteiger partial charge in [0, 0.05) is 16.3 Å². The molecule has 0 bridgehead atoms. The van der Waals surface area contributed by atoms with Crippen LogP contribution in [0.25, 0.3) is 22.6 Å². The lowest BCUT2D eigenvalue weighted by molar-refractivity contribution is -0.118. The molecule has 0 saturated heterocycles. The van der Waals surface area contributed by atoms with Gasteiger partial charge in [0.15, 0.2) is 12.2 Å². The lowest BCUT2D eigenvalue weighted by atomic mass is 10.2. The van der Waals surface area contributed by atoms with Crippen LogP contribution in [0.2, 0.25) is 10.0 Å². The monoisotopic (exact) mass is 426 g/mol. The number of oxazole rings is 1. The van der Waals surface area contributed by atoms with Crippen LogP contribution in [0.3, 0.4) is 0 Å². The first-order valence-electron chi connectivity index (χ1n) is 8.83. The van der Waals surface area contributed by atoms with E-state index in [0.717, 1.165) is 5.56 Å². The van der Waals surface area contributed by atoms with Gasteiger partial charge in [-0.05, 0) is 49.4 Å². The summed E-state index contributed by atoms with van der Waals surface area (Å²) in [7, 11) is 0. The third-order valence-corrected chi connectivity index (χ3v) is 4.69. The number of halogens is 2. The smallest absolute Gasteiger partial charge is 0.262 e. The fourth-order valence-electron chi connectivity index (χ4n) is 2.79. The van der Waals surface area contributed by atoms with Crippen LogP contribution in [0.1, 0.15) is 5.56 Å². The molecule has 4 rings (SSSR count). The molecule has 0 aliphatic heterocycles. The molecule has 0 unspecified atom stereocenters. The lowest BCUT2D eigenvalue weighted by Gasteiger charge is -2.08. The Morgan fingerprint density at radius 3 is 2.69 bits per heavy atom. The predicted molar refractivity (Wildman–Crippen MR) is 115 cm³/mol. The fraction of sp³-hybridized carbons (Fsp3) is 0.0909. The predicted octanol–water partition coefficient (Wildman–Crippen LogP) is 6.13. The third-order valence-electron chi connectivity index (χ3n) is 4.19. The van der Waals surface area contributed by atoms with Crippen LogP contribution in [0.5, 0.6) is 5.75 Å². The molecular weight excluding hydrogens is 411 g/mol. The average Bonchev–Trinajstić information content (AvgIpc) is 3.12. The van der Waals surface area contributed by atoms with Gasteiger partial charge in [0.2, 0.25) is 5.89 Å². The Morgan fingerprint density at radius 1 is 1.10 bits per heavy atom. The van der Waals surface area contributed by atoms with E-state index in [1.165, 1.54) is 0 Å². The summed E-state index contributed by atoms with van der Waals surface area (Å²) in [5.74, 6) is 0.757. The Hall–Kier alpha value is -3.02. The molecule has 4 aromatic rings. The van der Waals surface area contributed by atoms with Crippen molar-refractivity contribution in [3.63, 3.8) is 0 Å². The van der Waals surface area contributed by atoms with Crippen molar-refractivity contribution in [3.05, 3.63) is 76.3 Å². The van der Waals surface area contributed by atoms with E-state index < -0.39 is 0 Å². The fourth-order valence-corrected chi connectivity index (χ4v) is 3.31. The third kappa shape index (κ3) is 4.53. The van der Waals surface area contributed by atoms with Crippen LogP contribution in [0.4, 0.5) is 5.69 Å². The number of amides is 1. The number of aryl methyl sites for hydroxylation is 1. The van der Waals surface area contributed by atoms with E-state index in [1.54, 1.807) is 30.3 Å². The molecule has 7 heteroatoms. The highest BCUT2D eigenvalue weighted by molar-refractivity contribution is 6.38. The minimum Gasteiger partial charge on any atom is -0.484 e. The Bertz CT molecular complexity index is 1190. The maximum absolute atomic E-state index is 12.2. The van der Waals surface area contributed by atoms with Crippen molar-refractivity contribution in [1.82, 2.24) is 4.98 Å². The molecule has 0 spiro atoms. The van der Waals surface area contributed by atoms with Crippen molar-refractivity contribution in [2.24, 2.45) is 0 Å². The summed E-state index contributed by atoms with van der Waals surface area (Å²) in [6, 6.07) is 18.0. The lowest BCUT2D eigenvalue weighted by Crippen LogP contribution is -2.20. The second kappa shape index (κ2) is 8.15. The van der Waals surface area contributed by atoms with Crippen LogP contribution in [-0.4, -0.2) is 17.5 Å². The Balaban J connectivity index is 1.48. The Morgan fingerprint density at radius 2 is 1.90 bits per heavy atom. The molecule has 3 aromatic carbocycles. The summed E-state index contributed by atoms with van der Waals surface area (Å²) in [4.78, 5) is 16.7. The van der Waals surface area contributed by atoms with Gasteiger partial charge in [-0.1, -0.05) is 47.0 Å². The van der Waals surface area contributed by atoms with E-state index in [9.17, 15) is 4.79 Å². The summed E-state index contributed by atoms with van der Waals surface area (Å²) < 4.78 is 11.3. The quantitative estimate of drug-likeness (QED) is 0.416. The van der Waals surface area contributed by atoms with Gasteiger partial charge < -0.3 is 14.5 Å². The number of rotatable bonds is 5. The minimum absolute atomic E-state index is 0.0930. The molecule has 1 heterocycles. The van der Waals surface area contributed by atoms with E-state index in [1.807, 2.05) is 37.3 Å². The SMILES string of the molecule is Cc1ccc(OCC(=O)Nc2cccc(-c3nc4cc(Cl)cc(Cl)c4o3)c2)cc1. The maximum Gasteiger partial charge on any atom is 0.262 e. The molecular formula is C22H16Cl2N2O3. The summed E-state index contributed by atoms with van der Waals surface area (Å²) in [6.45, 7) is 1.90. The van der Waals surface area contributed by atoms with Crippen molar-refractivity contribution in [1.29, 1.82) is 0 Å². The number of hydrogen-bond acceptors (Lipinski definition) is 4. The molecule has 0 atom stereocenters. The molecule has 0 fully saturated rings. The van der Waals surface area contributed by atoms with Crippen LogP contribution in [0.15, 0.2) is 65.1 Å². The molecule has 1 aromatic heterocycles. The first-order valence-corrected chi connectivity index (χ1v) is 9.59. The van der Waals surface area contributed by atoms with Crippen molar-refractivity contribution >= 4 is 45.9 Å². The number of anilines is 1. The minimum atomic E-state index is -0.268. The summed E-state index contributed by atoms with van der Waals surface area (Å²) in [5.41, 5.74) is 3.46. The van der Waals surface area contributed by atoms with Gasteiger partial charge in [0.25, 0.3) is 5.91 Å². The molecule has 0 aliphatic rings. The van der Waals surface area contributed by atoms with Crippen LogP contribution < -0.4 is 10.1 Å². The highest BCUT2D eigenvalue weighted by Crippen LogP contribution is 2.32. The van der Waals surface area contributed by atoms with Gasteiger partial charge in [-0.25, -0.2) is 4.98 Å². The van der Waals surface area contributed by atoms with E-state index >= 15 is 0 Å². The van der Waals surface area contributed by atoms with Crippen LogP contribution in [-0.2, 0) is 4.79 Å². The first-order chi connectivity index (χ1) is 14.0. The number of aromatic nitrogens is 1. The van der Waals surface area contributed by atoms with Gasteiger partial charge >= 0.3 is 0 Å². The van der Waals surface area contributed by atoms with E-state index in [-0.39, 0.29) is 12.5 Å². The molecule has 0 saturated carbocycles. The summed E-state index contributed by atoms with van der Waals surface area (Å²) in [5, 5.41) is 3.68. The molecule has 29 heavy (non-hydrogen) atoms. The van der Waals surface area contributed by atoms with E-state index in [4.69, 9.17) is 32.4 Å². The molecule has 0 aliphatic carbocycles. The van der Waals surface area contributed by atoms with Crippen LogP contribution in [0, 0.1) is 6.92 Å². The summed E-state index contributed by atoms with van der Waals surface area (Å²) in [6.07, 6.45) is 0. The van der Waals surface area contributed by atoms with Gasteiger partial charge in [-0.15, -0.1) is 0 Å². The highest BCUT2D eigenvalue weighted by atomic mass is 35.5. The molecule has 0 radical (unpaired) electrons. The number of carbonyl (C=O) groups is 1. The number of ether oxygens (including phenoxy) is 1. The van der Waals surface area contributed by atoms with Crippen molar-refractivity contribution in [3.8, 4) is 17.2 Å². The normalized spacial score (nSPS) is 10.9. The number of hydrogen-bond donors (Lipinski definition) is 1. The largest absolute Gasteiger partial charge is 0.484 e. The van der Waals surface area contributed by atoms with Crippen molar-refractivity contribution in [2.75, 3.05) is 11.9 Å². The summed E-state index contributed by atoms with van der Waals surface area (Å²) >= 11 is 12.2. The van der Waals surface area contributed by atoms with E-state index in [2.05, 4.69) is 10.3 Å². The average molecular weight is 427 g/mol. The zero-order chi connectivity index (χ0) is 20.4. The standard InChI is InChI=1S/C22H16Cl2N2O3/c1-13-5-7-17(8-6-13)28-12-20(27)25-16-4-2-3-14(9-16)22-26-19-11-15(23)10-18(24)21(19)29-22/h2-11H,12H2,1H3,(H,25,27). The Kier molecular flexibility index (Phi) is 5.43. The number of carbonyl (C=O) groups excluding carboxylic acids is 1. The molecule has 5 nitrogen and oxygen atoms in total. The zero-order valence-electron chi connectivity index (χ0n) is 15.4. The van der Waals surface area contributed by atoms with Gasteiger partial charge in [0.1, 0.15) is 11.3 Å². The number of benzene rings is 3. The number of nitrogens with zero attached hydrogens (tertiary/aromatic N) is 1. The number of fused-ring (bicyclic) bond motifs is 1. The second-order valence-electron chi connectivity index (χ2n) is 6.49. The van der Waals surface area contributed by atoms with Crippen molar-refractivity contribution < 1.29 is 13.9 Å². The number of nitrogens with one attached hydrogen (secondary N) is 1. The molecule has 1 N–H and O–H groups in total. The zero-order valence-corrected chi connectivity index (χ0v) is 16.9. The van der Waals surface area contributed by atoms with Gasteiger partial charge in [-0.2, -0.15) is 0 Å². The van der Waals surface area contributed by atoms with Crippen LogP contribution >= 0.6 is 23.2 Å². The highest BCUT2D eigenvalue weighted by Gasteiger charge is 2.13.